The number of hydrogen-bond donors (Lipinski definition) is 1. The minimum absolute atomic E-state index is 0.189. The summed E-state index contributed by atoms with van der Waals surface area (Å²) in [6.45, 7) is 5.28. The van der Waals surface area contributed by atoms with Crippen LogP contribution >= 0.6 is 0 Å². The van der Waals surface area contributed by atoms with Gasteiger partial charge in [-0.25, -0.2) is 13.6 Å². The summed E-state index contributed by atoms with van der Waals surface area (Å²) in [5.41, 5.74) is 0.144. The van der Waals surface area contributed by atoms with Crippen LogP contribution in [0.4, 0.5) is 19.3 Å². The van der Waals surface area contributed by atoms with Crippen LogP contribution in [-0.2, 0) is 16.0 Å². The Labute approximate surface area is 174 Å². The molecule has 6 nitrogen and oxygen atoms in total. The van der Waals surface area contributed by atoms with E-state index in [0.717, 1.165) is 18.2 Å². The number of hydrogen-bond acceptors (Lipinski definition) is 4. The maximum Gasteiger partial charge on any atom is 0.408 e. The Bertz CT molecular complexity index is 875. The number of amides is 2. The normalized spacial score (nSPS) is 12.1. The van der Waals surface area contributed by atoms with Gasteiger partial charge in [0.25, 0.3) is 5.91 Å². The number of carbonyl (C=O) groups excluding carboxylic acids is 2. The standard InChI is InChI=1S/C22H26F2N2O4/c1-22(2,3)25-21(28)30-19(12-14-10-15(23)13-16(24)11-14)20(27)26(4)17-6-8-18(29-5)9-7-17/h6-11,13,19H,12H2,1-5H3,(H,25,28)/t19-/m0/s1. The number of alkyl carbamates (subject to hydrolysis) is 1. The molecule has 2 rings (SSSR count). The van der Waals surface area contributed by atoms with Crippen LogP contribution in [0.15, 0.2) is 42.5 Å². The van der Waals surface area contributed by atoms with E-state index in [1.807, 2.05) is 0 Å². The first-order chi connectivity index (χ1) is 14.0. The largest absolute Gasteiger partial charge is 0.497 e. The Balaban J connectivity index is 2.27. The van der Waals surface area contributed by atoms with Crippen LogP contribution < -0.4 is 15.0 Å². The summed E-state index contributed by atoms with van der Waals surface area (Å²) in [6, 6.07) is 9.64. The van der Waals surface area contributed by atoms with Crippen LogP contribution in [0.3, 0.4) is 0 Å². The molecule has 0 heterocycles. The summed E-state index contributed by atoms with van der Waals surface area (Å²) in [7, 11) is 3.05. The molecule has 1 atom stereocenters. The van der Waals surface area contributed by atoms with Gasteiger partial charge in [-0.3, -0.25) is 4.79 Å². The molecule has 2 aromatic carbocycles. The molecule has 0 fully saturated rings. The van der Waals surface area contributed by atoms with Crippen molar-refractivity contribution in [2.75, 3.05) is 19.1 Å². The Kier molecular flexibility index (Phi) is 7.37. The molecule has 0 saturated carbocycles. The highest BCUT2D eigenvalue weighted by atomic mass is 19.1. The molecule has 0 aliphatic carbocycles. The van der Waals surface area contributed by atoms with Crippen molar-refractivity contribution < 1.29 is 27.8 Å². The molecule has 1 N–H and O–H groups in total. The highest BCUT2D eigenvalue weighted by molar-refractivity contribution is 5.97. The fourth-order valence-electron chi connectivity index (χ4n) is 2.74. The van der Waals surface area contributed by atoms with Crippen molar-refractivity contribution >= 4 is 17.7 Å². The number of ether oxygens (including phenoxy) is 2. The number of rotatable bonds is 6. The third-order valence-electron chi connectivity index (χ3n) is 4.14. The van der Waals surface area contributed by atoms with E-state index < -0.39 is 35.3 Å². The lowest BCUT2D eigenvalue weighted by Crippen LogP contribution is -2.46. The van der Waals surface area contributed by atoms with Crippen molar-refractivity contribution in [3.8, 4) is 5.75 Å². The number of halogens is 2. The van der Waals surface area contributed by atoms with Gasteiger partial charge in [0.15, 0.2) is 6.10 Å². The second-order valence-corrected chi connectivity index (χ2v) is 7.85. The van der Waals surface area contributed by atoms with Crippen LogP contribution in [0.2, 0.25) is 0 Å². The summed E-state index contributed by atoms with van der Waals surface area (Å²) in [6.07, 6.45) is -2.28. The van der Waals surface area contributed by atoms with Crippen LogP contribution in [0.25, 0.3) is 0 Å². The third kappa shape index (κ3) is 6.72. The fraction of sp³-hybridized carbons (Fsp3) is 0.364. The quantitative estimate of drug-likeness (QED) is 0.765. The topological polar surface area (TPSA) is 67.9 Å². The average Bonchev–Trinajstić information content (AvgIpc) is 2.64. The Morgan fingerprint density at radius 1 is 1.07 bits per heavy atom. The van der Waals surface area contributed by atoms with E-state index in [1.54, 1.807) is 45.0 Å². The van der Waals surface area contributed by atoms with Crippen molar-refractivity contribution in [3.05, 3.63) is 59.7 Å². The van der Waals surface area contributed by atoms with E-state index in [9.17, 15) is 18.4 Å². The van der Waals surface area contributed by atoms with E-state index in [-0.39, 0.29) is 12.0 Å². The van der Waals surface area contributed by atoms with Crippen LogP contribution in [0, 0.1) is 11.6 Å². The lowest BCUT2D eigenvalue weighted by Gasteiger charge is -2.26. The lowest BCUT2D eigenvalue weighted by atomic mass is 10.1. The van der Waals surface area contributed by atoms with Gasteiger partial charge in [-0.15, -0.1) is 0 Å². The van der Waals surface area contributed by atoms with E-state index in [0.29, 0.717) is 11.4 Å². The SMILES string of the molecule is COc1ccc(N(C)C(=O)[C@H](Cc2cc(F)cc(F)c2)OC(=O)NC(C)(C)C)cc1. The summed E-state index contributed by atoms with van der Waals surface area (Å²) in [5, 5.41) is 2.61. The Morgan fingerprint density at radius 3 is 2.13 bits per heavy atom. The molecule has 0 spiro atoms. The Morgan fingerprint density at radius 2 is 1.63 bits per heavy atom. The van der Waals surface area contributed by atoms with Crippen molar-refractivity contribution in [3.63, 3.8) is 0 Å². The van der Waals surface area contributed by atoms with Gasteiger partial charge in [0.1, 0.15) is 17.4 Å². The molecular weight excluding hydrogens is 394 g/mol. The second kappa shape index (κ2) is 9.56. The molecule has 0 aliphatic rings. The van der Waals surface area contributed by atoms with Crippen LogP contribution in [-0.4, -0.2) is 37.8 Å². The maximum absolute atomic E-state index is 13.6. The van der Waals surface area contributed by atoms with Crippen molar-refractivity contribution in [1.82, 2.24) is 5.32 Å². The van der Waals surface area contributed by atoms with Gasteiger partial charge in [0, 0.05) is 30.8 Å². The van der Waals surface area contributed by atoms with Gasteiger partial charge in [0.05, 0.1) is 7.11 Å². The van der Waals surface area contributed by atoms with Crippen LogP contribution in [0.1, 0.15) is 26.3 Å². The molecule has 2 amide bonds. The molecule has 0 bridgehead atoms. The minimum atomic E-state index is -1.29. The third-order valence-corrected chi connectivity index (χ3v) is 4.14. The van der Waals surface area contributed by atoms with Gasteiger partial charge >= 0.3 is 6.09 Å². The predicted molar refractivity (Wildman–Crippen MR) is 110 cm³/mol. The predicted octanol–water partition coefficient (Wildman–Crippen LogP) is 4.07. The molecule has 0 aliphatic heterocycles. The van der Waals surface area contributed by atoms with Crippen molar-refractivity contribution in [2.24, 2.45) is 0 Å². The highest BCUT2D eigenvalue weighted by Crippen LogP contribution is 2.21. The van der Waals surface area contributed by atoms with Crippen molar-refractivity contribution in [2.45, 2.75) is 38.8 Å². The fourth-order valence-corrected chi connectivity index (χ4v) is 2.74. The molecule has 2 aromatic rings. The highest BCUT2D eigenvalue weighted by Gasteiger charge is 2.29. The zero-order valence-corrected chi connectivity index (χ0v) is 17.7. The first-order valence-corrected chi connectivity index (χ1v) is 9.34. The molecule has 0 unspecified atom stereocenters. The lowest BCUT2D eigenvalue weighted by molar-refractivity contribution is -0.126. The van der Waals surface area contributed by atoms with E-state index in [1.165, 1.54) is 19.1 Å². The van der Waals surface area contributed by atoms with Gasteiger partial charge in [0.2, 0.25) is 0 Å². The second-order valence-electron chi connectivity index (χ2n) is 7.85. The van der Waals surface area contributed by atoms with E-state index in [4.69, 9.17) is 9.47 Å². The molecule has 0 aromatic heterocycles. The number of carbonyl (C=O) groups is 2. The number of benzene rings is 2. The summed E-state index contributed by atoms with van der Waals surface area (Å²) < 4.78 is 37.6. The van der Waals surface area contributed by atoms with Crippen molar-refractivity contribution in [1.29, 1.82) is 0 Å². The van der Waals surface area contributed by atoms with E-state index in [2.05, 4.69) is 5.32 Å². The molecule has 162 valence electrons. The molecular formula is C22H26F2N2O4. The van der Waals surface area contributed by atoms with Gasteiger partial charge in [-0.2, -0.15) is 0 Å². The van der Waals surface area contributed by atoms with Crippen LogP contribution in [0.5, 0.6) is 5.75 Å². The molecule has 0 radical (unpaired) electrons. The number of likely N-dealkylation sites (N-methyl/N-ethyl adjacent to an activating group) is 1. The van der Waals surface area contributed by atoms with Gasteiger partial charge < -0.3 is 19.7 Å². The number of anilines is 1. The maximum atomic E-state index is 13.6. The average molecular weight is 420 g/mol. The number of nitrogens with one attached hydrogen (secondary N) is 1. The molecule has 30 heavy (non-hydrogen) atoms. The summed E-state index contributed by atoms with van der Waals surface area (Å²) >= 11 is 0. The first-order valence-electron chi connectivity index (χ1n) is 9.34. The smallest absolute Gasteiger partial charge is 0.408 e. The zero-order chi connectivity index (χ0) is 22.5. The summed E-state index contributed by atoms with van der Waals surface area (Å²) in [5.74, 6) is -1.49. The number of methoxy groups -OCH3 is 1. The van der Waals surface area contributed by atoms with Gasteiger partial charge in [-0.1, -0.05) is 0 Å². The van der Waals surface area contributed by atoms with E-state index >= 15 is 0 Å². The Hall–Kier alpha value is -3.16. The number of nitrogens with zero attached hydrogens (tertiary/aromatic N) is 1. The monoisotopic (exact) mass is 420 g/mol. The molecule has 8 heteroatoms. The first kappa shape index (κ1) is 23.1. The summed E-state index contributed by atoms with van der Waals surface area (Å²) in [4.78, 5) is 26.7. The van der Waals surface area contributed by atoms with Gasteiger partial charge in [-0.05, 0) is 62.7 Å². The molecule has 0 saturated heterocycles. The minimum Gasteiger partial charge on any atom is -0.497 e. The zero-order valence-electron chi connectivity index (χ0n) is 17.7.